The lowest BCUT2D eigenvalue weighted by Gasteiger charge is -2.07. The summed E-state index contributed by atoms with van der Waals surface area (Å²) in [6.07, 6.45) is 44.6. The zero-order valence-electron chi connectivity index (χ0n) is 29.0. The number of carbonyl (C=O) groups is 2. The van der Waals surface area contributed by atoms with Crippen LogP contribution < -0.4 is 10.6 Å². The van der Waals surface area contributed by atoms with Crippen molar-refractivity contribution in [1.29, 1.82) is 0 Å². The molecule has 4 heteroatoms. The van der Waals surface area contributed by atoms with E-state index in [4.69, 9.17) is 0 Å². The van der Waals surface area contributed by atoms with E-state index < -0.39 is 0 Å². The van der Waals surface area contributed by atoms with Crippen LogP contribution in [0, 0.1) is 0 Å². The fourth-order valence-electron chi connectivity index (χ4n) is 5.43. The molecule has 0 heterocycles. The van der Waals surface area contributed by atoms with Crippen molar-refractivity contribution in [3.8, 4) is 0 Å². The molecule has 0 aromatic heterocycles. The van der Waals surface area contributed by atoms with Gasteiger partial charge in [-0.1, -0.05) is 141 Å². The van der Waals surface area contributed by atoms with Gasteiger partial charge >= 0.3 is 0 Å². The van der Waals surface area contributed by atoms with Gasteiger partial charge in [-0.3, -0.25) is 9.59 Å². The van der Waals surface area contributed by atoms with Crippen LogP contribution in [-0.4, -0.2) is 24.9 Å². The van der Waals surface area contributed by atoms with E-state index in [1.807, 2.05) is 0 Å². The van der Waals surface area contributed by atoms with Crippen LogP contribution in [0.2, 0.25) is 0 Å². The lowest BCUT2D eigenvalue weighted by Crippen LogP contribution is -2.29. The summed E-state index contributed by atoms with van der Waals surface area (Å²) in [6, 6.07) is 0. The van der Waals surface area contributed by atoms with Crippen LogP contribution in [-0.2, 0) is 9.59 Å². The van der Waals surface area contributed by atoms with E-state index >= 15 is 0 Å². The number of allylic oxidation sites excluding steroid dienone is 4. The van der Waals surface area contributed by atoms with Gasteiger partial charge in [-0.15, -0.1) is 0 Å². The number of carbonyl (C=O) groups excluding carboxylic acids is 2. The molecule has 0 rings (SSSR count). The first-order valence-electron chi connectivity index (χ1n) is 19.0. The molecule has 0 saturated carbocycles. The van der Waals surface area contributed by atoms with Crippen molar-refractivity contribution in [2.45, 2.75) is 200 Å². The Labute approximate surface area is 269 Å². The molecule has 0 unspecified atom stereocenters. The highest BCUT2D eigenvalue weighted by molar-refractivity contribution is 5.76. The highest BCUT2D eigenvalue weighted by Crippen LogP contribution is 2.11. The van der Waals surface area contributed by atoms with E-state index in [1.165, 1.54) is 141 Å². The lowest BCUT2D eigenvalue weighted by atomic mass is 10.1. The largest absolute Gasteiger partial charge is 0.356 e. The average Bonchev–Trinajstić information content (AvgIpc) is 3.00. The normalized spacial score (nSPS) is 11.6. The van der Waals surface area contributed by atoms with E-state index in [-0.39, 0.29) is 11.8 Å². The summed E-state index contributed by atoms with van der Waals surface area (Å²) in [5, 5.41) is 6.00. The first-order chi connectivity index (χ1) is 21.2. The van der Waals surface area contributed by atoms with Crippen molar-refractivity contribution in [3.05, 3.63) is 24.3 Å². The standard InChI is InChI=1S/C39H74N2O2/c1-3-5-7-9-11-13-15-17-19-21-23-25-27-29-31-34-38(42)40-36-33-37-41-39(43)35-32-30-28-26-24-22-20-18-16-14-12-10-8-6-4-2/h17-20H,3-16,21-37H2,1-2H3,(H,40,42)(H,41,43). The van der Waals surface area contributed by atoms with Gasteiger partial charge in [0.15, 0.2) is 0 Å². The third-order valence-corrected chi connectivity index (χ3v) is 8.33. The number of nitrogens with one attached hydrogen (secondary N) is 2. The van der Waals surface area contributed by atoms with Gasteiger partial charge < -0.3 is 10.6 Å². The summed E-state index contributed by atoms with van der Waals surface area (Å²) >= 11 is 0. The SMILES string of the molecule is CCCCCCCCC=CCCCCCCCC(=O)NCCCNC(=O)CCCCCCCC=CCCCCCCCC. The number of amides is 2. The zero-order valence-corrected chi connectivity index (χ0v) is 29.0. The van der Waals surface area contributed by atoms with E-state index in [0.717, 1.165) is 32.1 Å². The maximum absolute atomic E-state index is 12.0. The van der Waals surface area contributed by atoms with Crippen LogP contribution in [0.15, 0.2) is 24.3 Å². The summed E-state index contributed by atoms with van der Waals surface area (Å²) in [7, 11) is 0. The topological polar surface area (TPSA) is 58.2 Å². The Morgan fingerprint density at radius 1 is 0.372 bits per heavy atom. The van der Waals surface area contributed by atoms with E-state index in [1.54, 1.807) is 0 Å². The maximum atomic E-state index is 12.0. The third-order valence-electron chi connectivity index (χ3n) is 8.33. The molecule has 2 N–H and O–H groups in total. The Balaban J connectivity index is 3.33. The van der Waals surface area contributed by atoms with Gasteiger partial charge in [0.1, 0.15) is 0 Å². The highest BCUT2D eigenvalue weighted by atomic mass is 16.2. The van der Waals surface area contributed by atoms with Gasteiger partial charge in [0.05, 0.1) is 0 Å². The predicted molar refractivity (Wildman–Crippen MR) is 190 cm³/mol. The zero-order chi connectivity index (χ0) is 31.3. The summed E-state index contributed by atoms with van der Waals surface area (Å²) in [5.74, 6) is 0.300. The molecule has 0 bridgehead atoms. The molecule has 0 aliphatic carbocycles. The highest BCUT2D eigenvalue weighted by Gasteiger charge is 2.03. The summed E-state index contributed by atoms with van der Waals surface area (Å²) < 4.78 is 0. The molecule has 0 aliphatic rings. The van der Waals surface area contributed by atoms with Crippen LogP contribution in [0.1, 0.15) is 200 Å². The van der Waals surface area contributed by atoms with Crippen LogP contribution in [0.3, 0.4) is 0 Å². The molecule has 4 nitrogen and oxygen atoms in total. The van der Waals surface area contributed by atoms with Gasteiger partial charge in [0, 0.05) is 25.9 Å². The second-order valence-corrected chi connectivity index (χ2v) is 12.7. The minimum absolute atomic E-state index is 0.150. The minimum atomic E-state index is 0.150. The lowest BCUT2D eigenvalue weighted by molar-refractivity contribution is -0.121. The van der Waals surface area contributed by atoms with Crippen LogP contribution >= 0.6 is 0 Å². The van der Waals surface area contributed by atoms with Gasteiger partial charge in [0.25, 0.3) is 0 Å². The molecular weight excluding hydrogens is 528 g/mol. The molecule has 0 spiro atoms. The second-order valence-electron chi connectivity index (χ2n) is 12.7. The predicted octanol–water partition coefficient (Wildman–Crippen LogP) is 11.7. The van der Waals surface area contributed by atoms with Gasteiger partial charge in [-0.25, -0.2) is 0 Å². The Kier molecular flexibility index (Phi) is 35.3. The van der Waals surface area contributed by atoms with Crippen molar-refractivity contribution >= 4 is 11.8 Å². The van der Waals surface area contributed by atoms with E-state index in [0.29, 0.717) is 25.9 Å². The third kappa shape index (κ3) is 36.5. The van der Waals surface area contributed by atoms with Crippen molar-refractivity contribution in [2.75, 3.05) is 13.1 Å². The molecule has 0 saturated heterocycles. The molecule has 0 aliphatic heterocycles. The van der Waals surface area contributed by atoms with Crippen LogP contribution in [0.4, 0.5) is 0 Å². The Bertz CT molecular complexity index is 589. The van der Waals surface area contributed by atoms with E-state index in [9.17, 15) is 9.59 Å². The monoisotopic (exact) mass is 603 g/mol. The van der Waals surface area contributed by atoms with E-state index in [2.05, 4.69) is 48.8 Å². The molecule has 252 valence electrons. The molecule has 0 atom stereocenters. The molecule has 0 fully saturated rings. The Morgan fingerprint density at radius 3 is 0.977 bits per heavy atom. The quantitative estimate of drug-likeness (QED) is 0.0568. The number of rotatable bonds is 34. The van der Waals surface area contributed by atoms with Crippen molar-refractivity contribution < 1.29 is 9.59 Å². The molecule has 43 heavy (non-hydrogen) atoms. The van der Waals surface area contributed by atoms with Crippen molar-refractivity contribution in [3.63, 3.8) is 0 Å². The Morgan fingerprint density at radius 2 is 0.651 bits per heavy atom. The summed E-state index contributed by atoms with van der Waals surface area (Å²) in [4.78, 5) is 24.1. The molecule has 2 amide bonds. The van der Waals surface area contributed by atoms with Crippen molar-refractivity contribution in [2.24, 2.45) is 0 Å². The molecule has 0 radical (unpaired) electrons. The summed E-state index contributed by atoms with van der Waals surface area (Å²) in [6.45, 7) is 5.84. The van der Waals surface area contributed by atoms with Gasteiger partial charge in [-0.2, -0.15) is 0 Å². The molecule has 0 aromatic rings. The fraction of sp³-hybridized carbons (Fsp3) is 0.846. The minimum Gasteiger partial charge on any atom is -0.356 e. The second kappa shape index (κ2) is 36.6. The number of hydrogen-bond donors (Lipinski definition) is 2. The Hall–Kier alpha value is -1.58. The van der Waals surface area contributed by atoms with Gasteiger partial charge in [0.2, 0.25) is 11.8 Å². The number of unbranched alkanes of at least 4 members (excludes halogenated alkanes) is 22. The van der Waals surface area contributed by atoms with Crippen molar-refractivity contribution in [1.82, 2.24) is 10.6 Å². The molecule has 0 aromatic carbocycles. The first-order valence-corrected chi connectivity index (χ1v) is 19.0. The smallest absolute Gasteiger partial charge is 0.219 e. The van der Waals surface area contributed by atoms with Crippen LogP contribution in [0.25, 0.3) is 0 Å². The summed E-state index contributed by atoms with van der Waals surface area (Å²) in [5.41, 5.74) is 0. The first kappa shape index (κ1) is 41.4. The fourth-order valence-corrected chi connectivity index (χ4v) is 5.43. The van der Waals surface area contributed by atoms with Gasteiger partial charge in [-0.05, 0) is 70.6 Å². The maximum Gasteiger partial charge on any atom is 0.219 e. The average molecular weight is 603 g/mol. The number of hydrogen-bond acceptors (Lipinski definition) is 2. The molecular formula is C39H74N2O2. The van der Waals surface area contributed by atoms with Crippen LogP contribution in [0.5, 0.6) is 0 Å².